The average molecular weight is 281 g/mol. The summed E-state index contributed by atoms with van der Waals surface area (Å²) >= 11 is 0. The van der Waals surface area contributed by atoms with Crippen LogP contribution in [0.3, 0.4) is 0 Å². The van der Waals surface area contributed by atoms with Gasteiger partial charge in [0.25, 0.3) is 0 Å². The minimum Gasteiger partial charge on any atom is -0.494 e. The lowest BCUT2D eigenvalue weighted by Gasteiger charge is -2.16. The van der Waals surface area contributed by atoms with Gasteiger partial charge in [-0.05, 0) is 18.9 Å². The molecule has 4 heteroatoms. The Kier molecular flexibility index (Phi) is 8.26. The summed E-state index contributed by atoms with van der Waals surface area (Å²) in [6.45, 7) is 9.26. The number of rotatable bonds is 10. The highest BCUT2D eigenvalue weighted by Gasteiger charge is 2.11. The van der Waals surface area contributed by atoms with Crippen molar-refractivity contribution in [3.8, 4) is 5.75 Å². The quantitative estimate of drug-likeness (QED) is 0.670. The van der Waals surface area contributed by atoms with Gasteiger partial charge in [0, 0.05) is 12.2 Å². The van der Waals surface area contributed by atoms with E-state index in [1.165, 1.54) is 0 Å². The van der Waals surface area contributed by atoms with Gasteiger partial charge in [-0.1, -0.05) is 32.0 Å². The third kappa shape index (κ3) is 6.37. The lowest BCUT2D eigenvalue weighted by Crippen LogP contribution is -2.20. The molecule has 0 saturated heterocycles. The molecule has 0 aliphatic heterocycles. The minimum absolute atomic E-state index is 0.178. The summed E-state index contributed by atoms with van der Waals surface area (Å²) in [6.07, 6.45) is 0. The third-order valence-corrected chi connectivity index (χ3v) is 2.74. The maximum atomic E-state index is 6.14. The first-order valence-electron chi connectivity index (χ1n) is 7.28. The van der Waals surface area contributed by atoms with Crippen molar-refractivity contribution >= 4 is 0 Å². The van der Waals surface area contributed by atoms with Crippen LogP contribution in [0.25, 0.3) is 0 Å². The molecule has 1 aromatic rings. The molecule has 0 amide bonds. The van der Waals surface area contributed by atoms with E-state index in [9.17, 15) is 0 Å². The van der Waals surface area contributed by atoms with Crippen molar-refractivity contribution in [2.45, 2.75) is 26.8 Å². The van der Waals surface area contributed by atoms with Crippen LogP contribution >= 0.6 is 0 Å². The molecule has 0 aromatic heterocycles. The Morgan fingerprint density at radius 3 is 2.35 bits per heavy atom. The molecule has 0 spiro atoms. The summed E-state index contributed by atoms with van der Waals surface area (Å²) in [5, 5.41) is 0. The Morgan fingerprint density at radius 2 is 1.70 bits per heavy atom. The number of ether oxygens (including phenoxy) is 3. The molecular formula is C16H27NO3. The largest absolute Gasteiger partial charge is 0.494 e. The number of benzene rings is 1. The Hall–Kier alpha value is -1.10. The second-order valence-electron chi connectivity index (χ2n) is 5.12. The molecule has 2 N–H and O–H groups in total. The van der Waals surface area contributed by atoms with Crippen LogP contribution in [0, 0.1) is 5.92 Å². The second-order valence-corrected chi connectivity index (χ2v) is 5.12. The SMILES string of the molecule is CCOc1ccccc1C(N)COCCOCC(C)C. The smallest absolute Gasteiger partial charge is 0.124 e. The van der Waals surface area contributed by atoms with Gasteiger partial charge in [-0.15, -0.1) is 0 Å². The van der Waals surface area contributed by atoms with E-state index in [0.29, 0.717) is 32.3 Å². The molecular weight excluding hydrogens is 254 g/mol. The van der Waals surface area contributed by atoms with E-state index in [4.69, 9.17) is 19.9 Å². The first kappa shape index (κ1) is 17.0. The van der Waals surface area contributed by atoms with E-state index in [2.05, 4.69) is 13.8 Å². The zero-order valence-electron chi connectivity index (χ0n) is 12.8. The lowest BCUT2D eigenvalue weighted by molar-refractivity contribution is 0.0331. The van der Waals surface area contributed by atoms with E-state index in [1.54, 1.807) is 0 Å². The molecule has 4 nitrogen and oxygen atoms in total. The maximum absolute atomic E-state index is 6.14. The topological polar surface area (TPSA) is 53.7 Å². The molecule has 1 atom stereocenters. The van der Waals surface area contributed by atoms with Crippen LogP contribution < -0.4 is 10.5 Å². The highest BCUT2D eigenvalue weighted by Crippen LogP contribution is 2.23. The number of para-hydroxylation sites is 1. The summed E-state index contributed by atoms with van der Waals surface area (Å²) in [4.78, 5) is 0. The van der Waals surface area contributed by atoms with Crippen LogP contribution in [-0.2, 0) is 9.47 Å². The Bertz CT molecular complexity index is 368. The molecule has 0 bridgehead atoms. The van der Waals surface area contributed by atoms with E-state index >= 15 is 0 Å². The molecule has 0 aliphatic carbocycles. The molecule has 0 fully saturated rings. The molecule has 1 aromatic carbocycles. The van der Waals surface area contributed by atoms with Crippen LogP contribution in [0.15, 0.2) is 24.3 Å². The van der Waals surface area contributed by atoms with Crippen LogP contribution in [0.1, 0.15) is 32.4 Å². The van der Waals surface area contributed by atoms with Crippen molar-refractivity contribution in [1.82, 2.24) is 0 Å². The van der Waals surface area contributed by atoms with Crippen molar-refractivity contribution in [3.63, 3.8) is 0 Å². The fourth-order valence-electron chi connectivity index (χ4n) is 1.81. The van der Waals surface area contributed by atoms with Gasteiger partial charge in [-0.3, -0.25) is 0 Å². The van der Waals surface area contributed by atoms with Gasteiger partial charge in [-0.25, -0.2) is 0 Å². The summed E-state index contributed by atoms with van der Waals surface area (Å²) < 4.78 is 16.6. The predicted molar refractivity (Wildman–Crippen MR) is 81.0 cm³/mol. The molecule has 0 heterocycles. The van der Waals surface area contributed by atoms with Gasteiger partial charge in [-0.2, -0.15) is 0 Å². The summed E-state index contributed by atoms with van der Waals surface area (Å²) in [5.41, 5.74) is 7.13. The van der Waals surface area contributed by atoms with Crippen LogP contribution in [0.5, 0.6) is 5.75 Å². The molecule has 1 rings (SSSR count). The highest BCUT2D eigenvalue weighted by atomic mass is 16.5. The van der Waals surface area contributed by atoms with Crippen molar-refractivity contribution in [2.24, 2.45) is 11.7 Å². The zero-order valence-corrected chi connectivity index (χ0v) is 12.8. The molecule has 20 heavy (non-hydrogen) atoms. The zero-order chi connectivity index (χ0) is 14.8. The van der Waals surface area contributed by atoms with Gasteiger partial charge in [0.05, 0.1) is 32.5 Å². The van der Waals surface area contributed by atoms with E-state index in [1.807, 2.05) is 31.2 Å². The Labute approximate surface area is 122 Å². The van der Waals surface area contributed by atoms with Crippen molar-refractivity contribution in [2.75, 3.05) is 33.0 Å². The second kappa shape index (κ2) is 9.75. The van der Waals surface area contributed by atoms with E-state index < -0.39 is 0 Å². The standard InChI is InChI=1S/C16H27NO3/c1-4-20-16-8-6-5-7-14(16)15(17)12-19-10-9-18-11-13(2)3/h5-8,13,15H,4,9-12,17H2,1-3H3. The molecule has 114 valence electrons. The summed E-state index contributed by atoms with van der Waals surface area (Å²) in [5.74, 6) is 1.39. The number of hydrogen-bond donors (Lipinski definition) is 1. The fourth-order valence-corrected chi connectivity index (χ4v) is 1.81. The van der Waals surface area contributed by atoms with E-state index in [-0.39, 0.29) is 6.04 Å². The van der Waals surface area contributed by atoms with Gasteiger partial charge < -0.3 is 19.9 Å². The van der Waals surface area contributed by atoms with Crippen LogP contribution in [0.4, 0.5) is 0 Å². The Morgan fingerprint density at radius 1 is 1.05 bits per heavy atom. The first-order chi connectivity index (χ1) is 9.65. The minimum atomic E-state index is -0.178. The third-order valence-electron chi connectivity index (χ3n) is 2.74. The summed E-state index contributed by atoms with van der Waals surface area (Å²) in [7, 11) is 0. The highest BCUT2D eigenvalue weighted by molar-refractivity contribution is 5.35. The molecule has 0 radical (unpaired) electrons. The van der Waals surface area contributed by atoms with Gasteiger partial charge in [0.15, 0.2) is 0 Å². The number of hydrogen-bond acceptors (Lipinski definition) is 4. The van der Waals surface area contributed by atoms with Crippen molar-refractivity contribution < 1.29 is 14.2 Å². The van der Waals surface area contributed by atoms with E-state index in [0.717, 1.165) is 17.9 Å². The van der Waals surface area contributed by atoms with Gasteiger partial charge in [0.1, 0.15) is 5.75 Å². The van der Waals surface area contributed by atoms with Gasteiger partial charge >= 0.3 is 0 Å². The van der Waals surface area contributed by atoms with Crippen molar-refractivity contribution in [3.05, 3.63) is 29.8 Å². The molecule has 1 unspecified atom stereocenters. The van der Waals surface area contributed by atoms with Crippen molar-refractivity contribution in [1.29, 1.82) is 0 Å². The Balaban J connectivity index is 2.30. The molecule has 0 aliphatic rings. The fraction of sp³-hybridized carbons (Fsp3) is 0.625. The monoisotopic (exact) mass is 281 g/mol. The predicted octanol–water partition coefficient (Wildman–Crippen LogP) is 2.77. The normalized spacial score (nSPS) is 12.7. The average Bonchev–Trinajstić information content (AvgIpc) is 2.43. The van der Waals surface area contributed by atoms with Crippen LogP contribution in [0.2, 0.25) is 0 Å². The first-order valence-corrected chi connectivity index (χ1v) is 7.28. The number of nitrogens with two attached hydrogens (primary N) is 1. The lowest BCUT2D eigenvalue weighted by atomic mass is 10.1. The maximum Gasteiger partial charge on any atom is 0.124 e. The van der Waals surface area contributed by atoms with Crippen LogP contribution in [-0.4, -0.2) is 33.0 Å². The van der Waals surface area contributed by atoms with Gasteiger partial charge in [0.2, 0.25) is 0 Å². The summed E-state index contributed by atoms with van der Waals surface area (Å²) in [6, 6.07) is 7.65. The molecule has 0 saturated carbocycles.